The van der Waals surface area contributed by atoms with Crippen LogP contribution < -0.4 is 4.74 Å². The van der Waals surface area contributed by atoms with Crippen molar-refractivity contribution < 1.29 is 19.0 Å². The molecule has 0 radical (unpaired) electrons. The van der Waals surface area contributed by atoms with Crippen molar-refractivity contribution in [1.29, 1.82) is 0 Å². The van der Waals surface area contributed by atoms with Crippen LogP contribution in [0.25, 0.3) is 0 Å². The second-order valence-corrected chi connectivity index (χ2v) is 4.75. The number of carboxylic acid groups (broad SMARTS) is 1. The molecule has 98 valence electrons. The molecule has 0 aliphatic heterocycles. The second kappa shape index (κ2) is 5.54. The zero-order chi connectivity index (χ0) is 14.0. The summed E-state index contributed by atoms with van der Waals surface area (Å²) in [6.07, 6.45) is 1.11. The van der Waals surface area contributed by atoms with Crippen molar-refractivity contribution in [2.45, 2.75) is 0 Å². The molecule has 7 heteroatoms. The smallest absolute Gasteiger partial charge is 0.337 e. The predicted molar refractivity (Wildman–Crippen MR) is 70.4 cm³/mol. The van der Waals surface area contributed by atoms with Gasteiger partial charge in [0.25, 0.3) is 0 Å². The summed E-state index contributed by atoms with van der Waals surface area (Å²) in [4.78, 5) is 14.5. The van der Waals surface area contributed by atoms with E-state index in [2.05, 4.69) is 20.9 Å². The minimum Gasteiger partial charge on any atom is -0.478 e. The molecule has 1 heterocycles. The second-order valence-electron chi connectivity index (χ2n) is 3.49. The van der Waals surface area contributed by atoms with E-state index in [-0.39, 0.29) is 22.2 Å². The maximum atomic E-state index is 13.1. The van der Waals surface area contributed by atoms with E-state index >= 15 is 0 Å². The van der Waals surface area contributed by atoms with Crippen LogP contribution in [-0.4, -0.2) is 16.1 Å². The molecule has 2 rings (SSSR count). The predicted octanol–water partition coefficient (Wildman–Crippen LogP) is 4.13. The van der Waals surface area contributed by atoms with Crippen LogP contribution in [0.5, 0.6) is 11.6 Å². The van der Waals surface area contributed by atoms with E-state index in [0.29, 0.717) is 4.47 Å². The molecule has 19 heavy (non-hydrogen) atoms. The summed E-state index contributed by atoms with van der Waals surface area (Å²) in [5.74, 6) is -1.43. The highest BCUT2D eigenvalue weighted by Crippen LogP contribution is 2.32. The third kappa shape index (κ3) is 3.21. The minimum absolute atomic E-state index is 0.00188. The van der Waals surface area contributed by atoms with E-state index in [1.54, 1.807) is 0 Å². The van der Waals surface area contributed by atoms with Crippen molar-refractivity contribution in [1.82, 2.24) is 4.98 Å². The lowest BCUT2D eigenvalue weighted by molar-refractivity contribution is 0.0696. The van der Waals surface area contributed by atoms with Gasteiger partial charge in [0.15, 0.2) is 0 Å². The van der Waals surface area contributed by atoms with Gasteiger partial charge in [-0.05, 0) is 34.1 Å². The Hall–Kier alpha value is -1.66. The molecule has 4 nitrogen and oxygen atoms in total. The van der Waals surface area contributed by atoms with Crippen LogP contribution in [0.15, 0.2) is 34.9 Å². The number of halogens is 3. The van der Waals surface area contributed by atoms with E-state index in [1.807, 2.05) is 0 Å². The number of benzene rings is 1. The molecular formula is C12H6BrClFNO3. The highest BCUT2D eigenvalue weighted by atomic mass is 79.9. The molecular weight excluding hydrogens is 340 g/mol. The molecule has 0 atom stereocenters. The molecule has 0 spiro atoms. The van der Waals surface area contributed by atoms with E-state index in [1.165, 1.54) is 18.2 Å². The Morgan fingerprint density at radius 1 is 1.42 bits per heavy atom. The zero-order valence-corrected chi connectivity index (χ0v) is 11.6. The fraction of sp³-hybridized carbons (Fsp3) is 0. The van der Waals surface area contributed by atoms with Crippen LogP contribution >= 0.6 is 27.5 Å². The maximum Gasteiger partial charge on any atom is 0.337 e. The SMILES string of the molecule is O=C(O)c1cnc(Oc2cc(F)ccc2Br)c(Cl)c1. The molecule has 0 aliphatic carbocycles. The van der Waals surface area contributed by atoms with Gasteiger partial charge < -0.3 is 9.84 Å². The third-order valence-electron chi connectivity index (χ3n) is 2.15. The quantitative estimate of drug-likeness (QED) is 0.908. The van der Waals surface area contributed by atoms with Crippen molar-refractivity contribution >= 4 is 33.5 Å². The number of aromatic carboxylic acids is 1. The number of hydrogen-bond donors (Lipinski definition) is 1. The Bertz CT molecular complexity index is 651. The van der Waals surface area contributed by atoms with E-state index < -0.39 is 11.8 Å². The van der Waals surface area contributed by atoms with Gasteiger partial charge in [-0.2, -0.15) is 0 Å². The molecule has 1 N–H and O–H groups in total. The first-order chi connectivity index (χ1) is 8.97. The lowest BCUT2D eigenvalue weighted by atomic mass is 10.3. The first-order valence-corrected chi connectivity index (χ1v) is 6.16. The number of pyridine rings is 1. The average molecular weight is 347 g/mol. The monoisotopic (exact) mass is 345 g/mol. The van der Waals surface area contributed by atoms with Crippen molar-refractivity contribution in [2.75, 3.05) is 0 Å². The highest BCUT2D eigenvalue weighted by Gasteiger charge is 2.12. The van der Waals surface area contributed by atoms with Crippen LogP contribution in [0.1, 0.15) is 10.4 Å². The molecule has 0 fully saturated rings. The summed E-state index contributed by atoms with van der Waals surface area (Å²) in [6, 6.07) is 5.11. The van der Waals surface area contributed by atoms with Gasteiger partial charge in [0, 0.05) is 12.3 Å². The normalized spacial score (nSPS) is 10.3. The first kappa shape index (κ1) is 13.8. The Kier molecular flexibility index (Phi) is 4.01. The standard InChI is InChI=1S/C12H6BrClFNO3/c13-8-2-1-7(15)4-10(8)19-11-9(14)3-6(5-16-11)12(17)18/h1-5H,(H,17,18). The maximum absolute atomic E-state index is 13.1. The van der Waals surface area contributed by atoms with Gasteiger partial charge in [0.1, 0.15) is 16.6 Å². The number of nitrogens with zero attached hydrogens (tertiary/aromatic N) is 1. The Morgan fingerprint density at radius 2 is 2.16 bits per heavy atom. The molecule has 0 aliphatic rings. The summed E-state index contributed by atoms with van der Waals surface area (Å²) in [6.45, 7) is 0. The molecule has 1 aromatic heterocycles. The number of hydrogen-bond acceptors (Lipinski definition) is 3. The zero-order valence-electron chi connectivity index (χ0n) is 9.23. The van der Waals surface area contributed by atoms with Crippen molar-refractivity contribution in [3.05, 3.63) is 51.3 Å². The van der Waals surface area contributed by atoms with Crippen molar-refractivity contribution in [3.8, 4) is 11.6 Å². The summed E-state index contributed by atoms with van der Waals surface area (Å²) < 4.78 is 18.9. The minimum atomic E-state index is -1.15. The summed E-state index contributed by atoms with van der Waals surface area (Å²) in [7, 11) is 0. The topological polar surface area (TPSA) is 59.4 Å². The van der Waals surface area contributed by atoms with Crippen LogP contribution in [0.4, 0.5) is 4.39 Å². The van der Waals surface area contributed by atoms with Gasteiger partial charge in [-0.3, -0.25) is 0 Å². The summed E-state index contributed by atoms with van der Waals surface area (Å²) >= 11 is 9.05. The average Bonchev–Trinajstić information content (AvgIpc) is 2.36. The Balaban J connectivity index is 2.33. The van der Waals surface area contributed by atoms with Gasteiger partial charge in [-0.25, -0.2) is 14.2 Å². The molecule has 0 saturated carbocycles. The number of carboxylic acids is 1. The number of rotatable bonds is 3. The molecule has 1 aromatic carbocycles. The third-order valence-corrected chi connectivity index (χ3v) is 3.08. The van der Waals surface area contributed by atoms with Crippen LogP contribution in [0, 0.1) is 5.82 Å². The van der Waals surface area contributed by atoms with Gasteiger partial charge in [-0.1, -0.05) is 11.6 Å². The molecule has 0 bridgehead atoms. The van der Waals surface area contributed by atoms with E-state index in [0.717, 1.165) is 12.3 Å². The Morgan fingerprint density at radius 3 is 2.79 bits per heavy atom. The fourth-order valence-electron chi connectivity index (χ4n) is 1.28. The molecule has 2 aromatic rings. The van der Waals surface area contributed by atoms with Gasteiger partial charge in [0.2, 0.25) is 5.88 Å². The van der Waals surface area contributed by atoms with Crippen molar-refractivity contribution in [2.24, 2.45) is 0 Å². The Labute approximate surface area is 120 Å². The van der Waals surface area contributed by atoms with Crippen LogP contribution in [-0.2, 0) is 0 Å². The summed E-state index contributed by atoms with van der Waals surface area (Å²) in [5.41, 5.74) is -0.0596. The highest BCUT2D eigenvalue weighted by molar-refractivity contribution is 9.10. The lowest BCUT2D eigenvalue weighted by Crippen LogP contribution is -1.98. The molecule has 0 saturated heterocycles. The molecule has 0 unspecified atom stereocenters. The summed E-state index contributed by atoms with van der Waals surface area (Å²) in [5, 5.41) is 8.80. The number of carbonyl (C=O) groups is 1. The largest absolute Gasteiger partial charge is 0.478 e. The fourth-order valence-corrected chi connectivity index (χ4v) is 1.81. The van der Waals surface area contributed by atoms with Gasteiger partial charge >= 0.3 is 5.97 Å². The number of aromatic nitrogens is 1. The van der Waals surface area contributed by atoms with Crippen molar-refractivity contribution in [3.63, 3.8) is 0 Å². The van der Waals surface area contributed by atoms with Gasteiger partial charge in [-0.15, -0.1) is 0 Å². The van der Waals surface area contributed by atoms with E-state index in [4.69, 9.17) is 21.4 Å². The van der Waals surface area contributed by atoms with Gasteiger partial charge in [0.05, 0.1) is 10.0 Å². The van der Waals surface area contributed by atoms with E-state index in [9.17, 15) is 9.18 Å². The molecule has 0 amide bonds. The first-order valence-electron chi connectivity index (χ1n) is 4.99. The van der Waals surface area contributed by atoms with Crippen LogP contribution in [0.3, 0.4) is 0 Å². The number of ether oxygens (including phenoxy) is 1. The lowest BCUT2D eigenvalue weighted by Gasteiger charge is -2.08. The van der Waals surface area contributed by atoms with Crippen LogP contribution in [0.2, 0.25) is 5.02 Å².